The van der Waals surface area contributed by atoms with E-state index in [0.717, 1.165) is 12.3 Å². The van der Waals surface area contributed by atoms with E-state index in [1.807, 2.05) is 0 Å². The first-order valence-electron chi connectivity index (χ1n) is 7.52. The zero-order valence-corrected chi connectivity index (χ0v) is 14.0. The monoisotopic (exact) mass is 383 g/mol. The minimum atomic E-state index is -4.43. The predicted molar refractivity (Wildman–Crippen MR) is 89.0 cm³/mol. The average Bonchev–Trinajstić information content (AvgIpc) is 3.00. The predicted octanol–water partition coefficient (Wildman–Crippen LogP) is 3.70. The third-order valence-corrected chi connectivity index (χ3v) is 3.80. The van der Waals surface area contributed by atoms with Crippen molar-refractivity contribution >= 4 is 23.2 Å². The van der Waals surface area contributed by atoms with Gasteiger partial charge in [-0.05, 0) is 24.3 Å². The first kappa shape index (κ1) is 18.1. The van der Waals surface area contributed by atoms with Gasteiger partial charge in [0.05, 0.1) is 22.8 Å². The Morgan fingerprint density at radius 2 is 1.96 bits per heavy atom. The largest absolute Gasteiger partial charge is 0.482 e. The van der Waals surface area contributed by atoms with Gasteiger partial charge in [0.2, 0.25) is 0 Å². The number of para-hydroxylation sites is 1. The summed E-state index contributed by atoms with van der Waals surface area (Å²) >= 11 is 5.92. The van der Waals surface area contributed by atoms with Crippen molar-refractivity contribution in [1.29, 1.82) is 0 Å². The Morgan fingerprint density at radius 3 is 2.69 bits per heavy atom. The van der Waals surface area contributed by atoms with E-state index in [9.17, 15) is 18.0 Å². The smallest absolute Gasteiger partial charge is 0.417 e. The Hall–Kier alpha value is -2.74. The molecule has 5 nitrogen and oxygen atoms in total. The van der Waals surface area contributed by atoms with Crippen LogP contribution in [0.15, 0.2) is 48.8 Å². The van der Waals surface area contributed by atoms with Crippen molar-refractivity contribution in [1.82, 2.24) is 14.7 Å². The fraction of sp³-hybridized carbons (Fsp3) is 0.176. The molecule has 0 radical (unpaired) electrons. The first-order valence-corrected chi connectivity index (χ1v) is 7.89. The van der Waals surface area contributed by atoms with Crippen LogP contribution in [0.1, 0.15) is 11.3 Å². The number of alkyl halides is 3. The van der Waals surface area contributed by atoms with Gasteiger partial charge in [0.1, 0.15) is 11.4 Å². The molecule has 1 amide bonds. The standard InChI is InChI=1S/C17H13ClF3N3O2/c18-13-3-1-2-4-14(13)26-10-16(25)22-7-12-9-24-8-11(17(19,20)21)5-6-15(24)23-12/h1-6,8-9H,7,10H2,(H,22,25). The summed E-state index contributed by atoms with van der Waals surface area (Å²) in [5, 5.41) is 2.98. The van der Waals surface area contributed by atoms with Gasteiger partial charge in [0, 0.05) is 12.4 Å². The number of hydrogen-bond acceptors (Lipinski definition) is 3. The number of imidazole rings is 1. The number of fused-ring (bicyclic) bond motifs is 1. The average molecular weight is 384 g/mol. The molecule has 2 heterocycles. The molecule has 0 aliphatic carbocycles. The van der Waals surface area contributed by atoms with Crippen LogP contribution in [0.5, 0.6) is 5.75 Å². The molecule has 0 aliphatic heterocycles. The Balaban J connectivity index is 1.59. The topological polar surface area (TPSA) is 55.6 Å². The number of pyridine rings is 1. The summed E-state index contributed by atoms with van der Waals surface area (Å²) in [6, 6.07) is 8.97. The molecule has 2 aromatic heterocycles. The highest BCUT2D eigenvalue weighted by Gasteiger charge is 2.30. The second-order valence-electron chi connectivity index (χ2n) is 5.41. The highest BCUT2D eigenvalue weighted by atomic mass is 35.5. The molecule has 0 saturated carbocycles. The second-order valence-corrected chi connectivity index (χ2v) is 5.82. The van der Waals surface area contributed by atoms with Crippen molar-refractivity contribution in [3.05, 3.63) is 65.1 Å². The Morgan fingerprint density at radius 1 is 1.19 bits per heavy atom. The molecule has 0 saturated heterocycles. The van der Waals surface area contributed by atoms with Gasteiger partial charge in [-0.1, -0.05) is 23.7 Å². The van der Waals surface area contributed by atoms with Crippen LogP contribution in [0.4, 0.5) is 13.2 Å². The molecule has 0 unspecified atom stereocenters. The summed E-state index contributed by atoms with van der Waals surface area (Å²) in [5.41, 5.74) is 0.0103. The van der Waals surface area contributed by atoms with E-state index in [4.69, 9.17) is 16.3 Å². The Bertz CT molecular complexity index is 940. The van der Waals surface area contributed by atoms with Crippen LogP contribution >= 0.6 is 11.6 Å². The molecule has 1 N–H and O–H groups in total. The van der Waals surface area contributed by atoms with Gasteiger partial charge < -0.3 is 14.5 Å². The number of nitrogens with one attached hydrogen (secondary N) is 1. The first-order chi connectivity index (χ1) is 12.3. The number of aromatic nitrogens is 2. The normalized spacial score (nSPS) is 11.5. The van der Waals surface area contributed by atoms with Crippen LogP contribution in [0.3, 0.4) is 0 Å². The third kappa shape index (κ3) is 4.26. The maximum Gasteiger partial charge on any atom is 0.417 e. The van der Waals surface area contributed by atoms with Crippen LogP contribution in [0, 0.1) is 0 Å². The molecular weight excluding hydrogens is 371 g/mol. The molecular formula is C17H13ClF3N3O2. The minimum Gasteiger partial charge on any atom is -0.482 e. The summed E-state index contributed by atoms with van der Waals surface area (Å²) in [6.45, 7) is -0.178. The van der Waals surface area contributed by atoms with Crippen LogP contribution < -0.4 is 10.1 Å². The number of carbonyl (C=O) groups is 1. The van der Waals surface area contributed by atoms with E-state index in [2.05, 4.69) is 10.3 Å². The number of ether oxygens (including phenoxy) is 1. The second kappa shape index (κ2) is 7.25. The fourth-order valence-electron chi connectivity index (χ4n) is 2.24. The Kier molecular flexibility index (Phi) is 5.03. The van der Waals surface area contributed by atoms with Gasteiger partial charge in [-0.25, -0.2) is 4.98 Å². The van der Waals surface area contributed by atoms with Gasteiger partial charge in [0.15, 0.2) is 6.61 Å². The Labute approximate surface area is 151 Å². The van der Waals surface area contributed by atoms with Crippen molar-refractivity contribution in [2.75, 3.05) is 6.61 Å². The van der Waals surface area contributed by atoms with Gasteiger partial charge in [-0.15, -0.1) is 0 Å². The lowest BCUT2D eigenvalue weighted by Crippen LogP contribution is -2.28. The van der Waals surface area contributed by atoms with Crippen LogP contribution in [0.2, 0.25) is 5.02 Å². The number of amides is 1. The molecule has 3 rings (SSSR count). The summed E-state index contributed by atoms with van der Waals surface area (Å²) in [7, 11) is 0. The SMILES string of the molecule is O=C(COc1ccccc1Cl)NCc1cn2cc(C(F)(F)F)ccc2n1. The number of halogens is 4. The molecule has 26 heavy (non-hydrogen) atoms. The summed E-state index contributed by atoms with van der Waals surface area (Å²) < 4.78 is 44.7. The van der Waals surface area contributed by atoms with Gasteiger partial charge in [-0.3, -0.25) is 4.79 Å². The van der Waals surface area contributed by atoms with E-state index in [0.29, 0.717) is 22.1 Å². The van der Waals surface area contributed by atoms with Crippen LogP contribution in [-0.2, 0) is 17.5 Å². The highest BCUT2D eigenvalue weighted by Crippen LogP contribution is 2.29. The molecule has 136 valence electrons. The number of hydrogen-bond donors (Lipinski definition) is 1. The minimum absolute atomic E-state index is 0.0632. The van der Waals surface area contributed by atoms with Gasteiger partial charge in [-0.2, -0.15) is 13.2 Å². The zero-order chi connectivity index (χ0) is 18.7. The molecule has 0 spiro atoms. The zero-order valence-electron chi connectivity index (χ0n) is 13.3. The van der Waals surface area contributed by atoms with Crippen LogP contribution in [-0.4, -0.2) is 21.9 Å². The van der Waals surface area contributed by atoms with E-state index in [-0.39, 0.29) is 13.2 Å². The van der Waals surface area contributed by atoms with Gasteiger partial charge >= 0.3 is 6.18 Å². The highest BCUT2D eigenvalue weighted by molar-refractivity contribution is 6.32. The number of carbonyl (C=O) groups excluding carboxylic acids is 1. The number of benzene rings is 1. The van der Waals surface area contributed by atoms with E-state index in [1.165, 1.54) is 16.7 Å². The van der Waals surface area contributed by atoms with Crippen molar-refractivity contribution in [2.24, 2.45) is 0 Å². The van der Waals surface area contributed by atoms with Crippen molar-refractivity contribution < 1.29 is 22.7 Å². The maximum absolute atomic E-state index is 12.7. The van der Waals surface area contributed by atoms with Gasteiger partial charge in [0.25, 0.3) is 5.91 Å². The lowest BCUT2D eigenvalue weighted by Gasteiger charge is -2.07. The summed E-state index contributed by atoms with van der Waals surface area (Å²) in [6.07, 6.45) is -2.04. The third-order valence-electron chi connectivity index (χ3n) is 3.49. The summed E-state index contributed by atoms with van der Waals surface area (Å²) in [4.78, 5) is 16.0. The van der Waals surface area contributed by atoms with E-state index >= 15 is 0 Å². The van der Waals surface area contributed by atoms with Crippen LogP contribution in [0.25, 0.3) is 5.65 Å². The molecule has 0 bridgehead atoms. The fourth-order valence-corrected chi connectivity index (χ4v) is 2.43. The maximum atomic E-state index is 12.7. The molecule has 9 heteroatoms. The molecule has 0 aliphatic rings. The van der Waals surface area contributed by atoms with Crippen molar-refractivity contribution in [3.63, 3.8) is 0 Å². The molecule has 0 fully saturated rings. The quantitative estimate of drug-likeness (QED) is 0.731. The van der Waals surface area contributed by atoms with E-state index < -0.39 is 17.6 Å². The lowest BCUT2D eigenvalue weighted by molar-refractivity contribution is -0.137. The number of rotatable bonds is 5. The molecule has 0 atom stereocenters. The lowest BCUT2D eigenvalue weighted by atomic mass is 10.3. The van der Waals surface area contributed by atoms with Crippen molar-refractivity contribution in [2.45, 2.75) is 12.7 Å². The molecule has 1 aromatic carbocycles. The van der Waals surface area contributed by atoms with Crippen molar-refractivity contribution in [3.8, 4) is 5.75 Å². The molecule has 3 aromatic rings. The number of nitrogens with zero attached hydrogens (tertiary/aromatic N) is 2. The van der Waals surface area contributed by atoms with E-state index in [1.54, 1.807) is 24.3 Å². The summed E-state index contributed by atoms with van der Waals surface area (Å²) in [5.74, 6) is -0.0188.